The maximum absolute atomic E-state index is 12.8. The number of esters is 1. The monoisotopic (exact) mass is 383 g/mol. The van der Waals surface area contributed by atoms with Gasteiger partial charge in [0.05, 0.1) is 0 Å². The van der Waals surface area contributed by atoms with Crippen molar-refractivity contribution < 1.29 is 18.3 Å². The molecule has 1 aliphatic heterocycles. The fraction of sp³-hybridized carbons (Fsp3) is 0. The standard InChI is InChI=1S/C14H7FINO3/c15-9-3-1-8(2-4-9)13-17-11(14(18)20-13)7-10-5-6-12(16)19-10/h1-7H/b11-7-. The van der Waals surface area contributed by atoms with Crippen LogP contribution in [0.15, 0.2) is 51.5 Å². The van der Waals surface area contributed by atoms with Gasteiger partial charge in [0.2, 0.25) is 5.90 Å². The highest BCUT2D eigenvalue weighted by atomic mass is 127. The van der Waals surface area contributed by atoms with Crippen LogP contribution in [0.1, 0.15) is 11.3 Å². The molecule has 0 atom stereocenters. The highest BCUT2D eigenvalue weighted by Crippen LogP contribution is 2.20. The van der Waals surface area contributed by atoms with E-state index in [4.69, 9.17) is 9.15 Å². The summed E-state index contributed by atoms with van der Waals surface area (Å²) in [5.74, 6) is -0.247. The van der Waals surface area contributed by atoms with Crippen LogP contribution in [0.4, 0.5) is 4.39 Å². The van der Waals surface area contributed by atoms with Crippen molar-refractivity contribution in [3.05, 3.63) is 63.0 Å². The molecule has 1 aromatic carbocycles. The Morgan fingerprint density at radius 1 is 1.15 bits per heavy atom. The van der Waals surface area contributed by atoms with Crippen LogP contribution in [-0.2, 0) is 9.53 Å². The van der Waals surface area contributed by atoms with Crippen molar-refractivity contribution in [1.82, 2.24) is 0 Å². The molecule has 0 amide bonds. The Morgan fingerprint density at radius 3 is 2.55 bits per heavy atom. The molecule has 6 heteroatoms. The summed E-state index contributed by atoms with van der Waals surface area (Å²) in [5, 5.41) is 0. The number of benzene rings is 1. The number of carbonyl (C=O) groups excluding carboxylic acids is 1. The Hall–Kier alpha value is -1.96. The van der Waals surface area contributed by atoms with Crippen molar-refractivity contribution in [2.24, 2.45) is 4.99 Å². The summed E-state index contributed by atoms with van der Waals surface area (Å²) in [7, 11) is 0. The van der Waals surface area contributed by atoms with E-state index in [1.165, 1.54) is 30.3 Å². The predicted molar refractivity (Wildman–Crippen MR) is 78.4 cm³/mol. The van der Waals surface area contributed by atoms with E-state index in [2.05, 4.69) is 4.99 Å². The number of rotatable bonds is 2. The van der Waals surface area contributed by atoms with E-state index in [0.29, 0.717) is 15.1 Å². The predicted octanol–water partition coefficient (Wildman–Crippen LogP) is 3.37. The van der Waals surface area contributed by atoms with E-state index in [1.54, 1.807) is 12.1 Å². The molecule has 0 aliphatic carbocycles. The van der Waals surface area contributed by atoms with Gasteiger partial charge in [0, 0.05) is 11.6 Å². The van der Waals surface area contributed by atoms with Crippen molar-refractivity contribution in [3.8, 4) is 0 Å². The number of carbonyl (C=O) groups is 1. The van der Waals surface area contributed by atoms with Gasteiger partial charge in [-0.3, -0.25) is 0 Å². The zero-order chi connectivity index (χ0) is 14.1. The molecule has 1 aromatic heterocycles. The number of hydrogen-bond acceptors (Lipinski definition) is 4. The molecule has 0 N–H and O–H groups in total. The largest absolute Gasteiger partial charge is 0.451 e. The summed E-state index contributed by atoms with van der Waals surface area (Å²) >= 11 is 2.03. The lowest BCUT2D eigenvalue weighted by atomic mass is 10.2. The first-order valence-corrected chi connectivity index (χ1v) is 6.73. The molecule has 0 bridgehead atoms. The molecule has 2 heterocycles. The Morgan fingerprint density at radius 2 is 1.90 bits per heavy atom. The van der Waals surface area contributed by atoms with Crippen LogP contribution in [0.3, 0.4) is 0 Å². The molecule has 1 aliphatic rings. The van der Waals surface area contributed by atoms with Gasteiger partial charge in [-0.15, -0.1) is 0 Å². The van der Waals surface area contributed by atoms with Crippen molar-refractivity contribution in [2.75, 3.05) is 0 Å². The van der Waals surface area contributed by atoms with Gasteiger partial charge in [0.15, 0.2) is 9.46 Å². The molecular formula is C14H7FINO3. The first-order valence-electron chi connectivity index (χ1n) is 5.66. The number of halogens is 2. The zero-order valence-corrected chi connectivity index (χ0v) is 12.1. The van der Waals surface area contributed by atoms with E-state index in [1.807, 2.05) is 22.6 Å². The van der Waals surface area contributed by atoms with Gasteiger partial charge in [-0.1, -0.05) is 0 Å². The third-order valence-corrected chi connectivity index (χ3v) is 3.16. The lowest BCUT2D eigenvalue weighted by molar-refractivity contribution is -0.129. The van der Waals surface area contributed by atoms with Crippen LogP contribution < -0.4 is 0 Å². The van der Waals surface area contributed by atoms with Crippen molar-refractivity contribution >= 4 is 40.5 Å². The van der Waals surface area contributed by atoms with E-state index in [0.717, 1.165) is 0 Å². The van der Waals surface area contributed by atoms with Gasteiger partial charge in [0.1, 0.15) is 11.6 Å². The van der Waals surface area contributed by atoms with Gasteiger partial charge in [-0.05, 0) is 59.0 Å². The maximum Gasteiger partial charge on any atom is 0.363 e. The normalized spacial score (nSPS) is 16.4. The number of hydrogen-bond donors (Lipinski definition) is 0. The summed E-state index contributed by atoms with van der Waals surface area (Å²) in [4.78, 5) is 15.8. The summed E-state index contributed by atoms with van der Waals surface area (Å²) in [6, 6.07) is 9.07. The lowest BCUT2D eigenvalue weighted by Gasteiger charge is -1.98. The molecule has 2 aromatic rings. The second kappa shape index (κ2) is 5.20. The van der Waals surface area contributed by atoms with Gasteiger partial charge >= 0.3 is 5.97 Å². The SMILES string of the molecule is O=C1OC(c2ccc(F)cc2)=N/C1=C\c1ccc(I)o1. The molecular weight excluding hydrogens is 376 g/mol. The lowest BCUT2D eigenvalue weighted by Crippen LogP contribution is -2.05. The number of cyclic esters (lactones) is 1. The third-order valence-electron chi connectivity index (χ3n) is 2.58. The van der Waals surface area contributed by atoms with E-state index < -0.39 is 5.97 Å². The molecule has 0 spiro atoms. The number of furan rings is 1. The molecule has 3 rings (SSSR count). The Labute approximate surface area is 127 Å². The minimum Gasteiger partial charge on any atom is -0.451 e. The van der Waals surface area contributed by atoms with Crippen molar-refractivity contribution in [2.45, 2.75) is 0 Å². The fourth-order valence-corrected chi connectivity index (χ4v) is 2.10. The minimum absolute atomic E-state index is 0.148. The van der Waals surface area contributed by atoms with Gasteiger partial charge in [-0.25, -0.2) is 14.2 Å². The molecule has 4 nitrogen and oxygen atoms in total. The van der Waals surface area contributed by atoms with Crippen molar-refractivity contribution in [3.63, 3.8) is 0 Å². The molecule has 0 fully saturated rings. The fourth-order valence-electron chi connectivity index (χ4n) is 1.67. The molecule has 0 saturated heterocycles. The highest BCUT2D eigenvalue weighted by Gasteiger charge is 2.24. The number of nitrogens with zero attached hydrogens (tertiary/aromatic N) is 1. The Balaban J connectivity index is 1.92. The van der Waals surface area contributed by atoms with Crippen LogP contribution in [0, 0.1) is 9.58 Å². The molecule has 100 valence electrons. The highest BCUT2D eigenvalue weighted by molar-refractivity contribution is 14.1. The minimum atomic E-state index is -0.560. The summed E-state index contributed by atoms with van der Waals surface area (Å²) < 4.78 is 23.9. The van der Waals surface area contributed by atoms with Crippen LogP contribution in [0.5, 0.6) is 0 Å². The first-order chi connectivity index (χ1) is 9.61. The molecule has 0 unspecified atom stereocenters. The average Bonchev–Trinajstić information content (AvgIpc) is 2.98. The summed E-state index contributed by atoms with van der Waals surface area (Å²) in [5.41, 5.74) is 0.687. The maximum atomic E-state index is 12.8. The Bertz CT molecular complexity index is 731. The van der Waals surface area contributed by atoms with Gasteiger partial charge < -0.3 is 9.15 Å². The topological polar surface area (TPSA) is 51.8 Å². The average molecular weight is 383 g/mol. The van der Waals surface area contributed by atoms with Crippen LogP contribution in [-0.4, -0.2) is 11.9 Å². The van der Waals surface area contributed by atoms with Crippen LogP contribution in [0.2, 0.25) is 0 Å². The van der Waals surface area contributed by atoms with E-state index >= 15 is 0 Å². The van der Waals surface area contributed by atoms with E-state index in [-0.39, 0.29) is 17.4 Å². The van der Waals surface area contributed by atoms with Gasteiger partial charge in [0.25, 0.3) is 0 Å². The smallest absolute Gasteiger partial charge is 0.363 e. The van der Waals surface area contributed by atoms with E-state index in [9.17, 15) is 9.18 Å². The molecule has 0 saturated carbocycles. The Kier molecular flexibility index (Phi) is 3.39. The quantitative estimate of drug-likeness (QED) is 0.454. The van der Waals surface area contributed by atoms with Crippen molar-refractivity contribution in [1.29, 1.82) is 0 Å². The molecule has 20 heavy (non-hydrogen) atoms. The number of ether oxygens (including phenoxy) is 1. The molecule has 0 radical (unpaired) electrons. The first kappa shape index (κ1) is 13.0. The van der Waals surface area contributed by atoms with Crippen LogP contribution in [0.25, 0.3) is 6.08 Å². The second-order valence-electron chi connectivity index (χ2n) is 3.98. The third kappa shape index (κ3) is 2.64. The summed E-state index contributed by atoms with van der Waals surface area (Å²) in [6.07, 6.45) is 1.50. The number of aliphatic imine (C=N–C) groups is 1. The summed E-state index contributed by atoms with van der Waals surface area (Å²) in [6.45, 7) is 0. The van der Waals surface area contributed by atoms with Crippen LogP contribution >= 0.6 is 22.6 Å². The zero-order valence-electron chi connectivity index (χ0n) is 9.97. The second-order valence-corrected chi connectivity index (χ2v) is 5.05. The van der Waals surface area contributed by atoms with Gasteiger partial charge in [-0.2, -0.15) is 0 Å².